The number of ether oxygens (including phenoxy) is 1. The Labute approximate surface area is 86.0 Å². The molecule has 79 valence electrons. The Bertz CT molecular complexity index is 271. The summed E-state index contributed by atoms with van der Waals surface area (Å²) in [5.74, 6) is 0.700. The summed E-state index contributed by atoms with van der Waals surface area (Å²) in [6.07, 6.45) is 3.45. The Morgan fingerprint density at radius 1 is 1.29 bits per heavy atom. The van der Waals surface area contributed by atoms with Gasteiger partial charge in [0.2, 0.25) is 0 Å². The average Bonchev–Trinajstić information content (AvgIpc) is 2.36. The van der Waals surface area contributed by atoms with Crippen molar-refractivity contribution in [1.82, 2.24) is 0 Å². The zero-order valence-electron chi connectivity index (χ0n) is 9.52. The molecule has 0 heterocycles. The molecule has 0 saturated heterocycles. The van der Waals surface area contributed by atoms with Gasteiger partial charge in [0.15, 0.2) is 0 Å². The van der Waals surface area contributed by atoms with Crippen LogP contribution in [0.3, 0.4) is 0 Å². The van der Waals surface area contributed by atoms with E-state index in [1.165, 1.54) is 12.8 Å². The fourth-order valence-corrected chi connectivity index (χ4v) is 3.84. The summed E-state index contributed by atoms with van der Waals surface area (Å²) < 4.78 is 5.26. The van der Waals surface area contributed by atoms with E-state index in [0.29, 0.717) is 11.3 Å². The molecule has 3 unspecified atom stereocenters. The number of hydrogen-bond donors (Lipinski definition) is 0. The first-order valence-corrected chi connectivity index (χ1v) is 5.42. The minimum absolute atomic E-state index is 0.127. The maximum atomic E-state index is 10.4. The van der Waals surface area contributed by atoms with Gasteiger partial charge < -0.3 is 4.74 Å². The van der Waals surface area contributed by atoms with E-state index >= 15 is 0 Å². The highest BCUT2D eigenvalue weighted by molar-refractivity contribution is 5.41. The molecule has 2 aliphatic rings. The van der Waals surface area contributed by atoms with Crippen molar-refractivity contribution in [1.29, 1.82) is 0 Å². The van der Waals surface area contributed by atoms with Gasteiger partial charge >= 0.3 is 6.47 Å². The van der Waals surface area contributed by atoms with E-state index in [1.54, 1.807) is 6.47 Å². The Morgan fingerprint density at radius 2 is 1.93 bits per heavy atom. The van der Waals surface area contributed by atoms with Gasteiger partial charge in [0.05, 0.1) is 0 Å². The lowest BCUT2D eigenvalue weighted by Crippen LogP contribution is -2.46. The van der Waals surface area contributed by atoms with Gasteiger partial charge in [-0.3, -0.25) is 0 Å². The zero-order valence-corrected chi connectivity index (χ0v) is 9.52. The van der Waals surface area contributed by atoms with Crippen LogP contribution in [0, 0.1) is 16.7 Å². The number of fused-ring (bicyclic) bond motifs is 2. The predicted molar refractivity (Wildman–Crippen MR) is 54.4 cm³/mol. The van der Waals surface area contributed by atoms with Gasteiger partial charge in [-0.05, 0) is 37.5 Å². The third-order valence-corrected chi connectivity index (χ3v) is 5.51. The number of rotatable bonds is 2. The largest absolute Gasteiger partial charge is 0.450 e. The van der Waals surface area contributed by atoms with Crippen molar-refractivity contribution in [3.05, 3.63) is 0 Å². The molecule has 3 atom stereocenters. The standard InChI is InChI=1S/C12H19O2/c1-10(2)9-5-6-11(10,3)12(4,7-9)14-8-13/h9H,5-7H2,1-4H3. The van der Waals surface area contributed by atoms with Crippen LogP contribution in [0.1, 0.15) is 47.0 Å². The Kier molecular flexibility index (Phi) is 1.81. The predicted octanol–water partition coefficient (Wildman–Crippen LogP) is 2.68. The molecular weight excluding hydrogens is 176 g/mol. The molecule has 0 aliphatic heterocycles. The van der Waals surface area contributed by atoms with Crippen LogP contribution in [0.5, 0.6) is 0 Å². The van der Waals surface area contributed by atoms with Gasteiger partial charge in [0.1, 0.15) is 5.60 Å². The Morgan fingerprint density at radius 3 is 2.29 bits per heavy atom. The van der Waals surface area contributed by atoms with Gasteiger partial charge in [0, 0.05) is 5.41 Å². The van der Waals surface area contributed by atoms with Crippen LogP contribution >= 0.6 is 0 Å². The fourth-order valence-electron chi connectivity index (χ4n) is 3.84. The monoisotopic (exact) mass is 195 g/mol. The molecule has 2 rings (SSSR count). The normalized spacial score (nSPS) is 49.3. The lowest BCUT2D eigenvalue weighted by molar-refractivity contribution is -0.0642. The molecule has 0 aromatic rings. The molecular formula is C12H19O2. The van der Waals surface area contributed by atoms with Gasteiger partial charge in [-0.1, -0.05) is 20.8 Å². The van der Waals surface area contributed by atoms with Crippen molar-refractivity contribution in [3.63, 3.8) is 0 Å². The molecule has 1 radical (unpaired) electrons. The Balaban J connectivity index is 2.39. The summed E-state index contributed by atoms with van der Waals surface area (Å²) in [5.41, 5.74) is 0.127. The first-order valence-electron chi connectivity index (χ1n) is 5.42. The van der Waals surface area contributed by atoms with Crippen molar-refractivity contribution in [2.75, 3.05) is 0 Å². The van der Waals surface area contributed by atoms with E-state index in [2.05, 4.69) is 27.7 Å². The summed E-state index contributed by atoms with van der Waals surface area (Å²) in [7, 11) is 0. The van der Waals surface area contributed by atoms with Crippen LogP contribution in [0.15, 0.2) is 0 Å². The van der Waals surface area contributed by atoms with Gasteiger partial charge in [0.25, 0.3) is 0 Å². The molecule has 2 heteroatoms. The van der Waals surface area contributed by atoms with E-state index in [4.69, 9.17) is 4.74 Å². The molecule has 2 fully saturated rings. The maximum Gasteiger partial charge on any atom is 0.418 e. The third-order valence-electron chi connectivity index (χ3n) is 5.51. The van der Waals surface area contributed by atoms with E-state index in [9.17, 15) is 4.79 Å². The van der Waals surface area contributed by atoms with E-state index in [-0.39, 0.29) is 11.0 Å². The molecule has 0 amide bonds. The van der Waals surface area contributed by atoms with Crippen LogP contribution in [-0.4, -0.2) is 12.1 Å². The average molecular weight is 195 g/mol. The first kappa shape index (κ1) is 10.0. The summed E-state index contributed by atoms with van der Waals surface area (Å²) in [6.45, 7) is 10.6. The van der Waals surface area contributed by atoms with Crippen molar-refractivity contribution in [2.45, 2.75) is 52.6 Å². The summed E-state index contributed by atoms with van der Waals surface area (Å²) in [6, 6.07) is 0. The first-order chi connectivity index (χ1) is 6.37. The molecule has 2 bridgehead atoms. The number of carbonyl (C=O) groups excluding carboxylic acids is 1. The van der Waals surface area contributed by atoms with E-state index in [1.807, 2.05) is 0 Å². The summed E-state index contributed by atoms with van der Waals surface area (Å²) in [4.78, 5) is 10.4. The molecule has 0 aromatic heterocycles. The van der Waals surface area contributed by atoms with Gasteiger partial charge in [-0.2, -0.15) is 0 Å². The molecule has 2 aliphatic carbocycles. The maximum absolute atomic E-state index is 10.4. The highest BCUT2D eigenvalue weighted by atomic mass is 16.5. The molecule has 14 heavy (non-hydrogen) atoms. The van der Waals surface area contributed by atoms with Crippen LogP contribution in [0.4, 0.5) is 0 Å². The molecule has 0 N–H and O–H groups in total. The zero-order chi connectivity index (χ0) is 10.6. The van der Waals surface area contributed by atoms with Gasteiger partial charge in [-0.25, -0.2) is 4.79 Å². The van der Waals surface area contributed by atoms with Crippen molar-refractivity contribution in [2.24, 2.45) is 16.7 Å². The van der Waals surface area contributed by atoms with E-state index < -0.39 is 0 Å². The van der Waals surface area contributed by atoms with E-state index in [0.717, 1.165) is 6.42 Å². The van der Waals surface area contributed by atoms with Crippen LogP contribution in [0.2, 0.25) is 0 Å². The minimum atomic E-state index is -0.291. The second-order valence-electron chi connectivity index (χ2n) is 5.91. The van der Waals surface area contributed by atoms with Crippen LogP contribution in [-0.2, 0) is 9.53 Å². The molecule has 2 nitrogen and oxygen atoms in total. The molecule has 0 aromatic carbocycles. The molecule has 0 spiro atoms. The van der Waals surface area contributed by atoms with Crippen LogP contribution < -0.4 is 0 Å². The lowest BCUT2D eigenvalue weighted by Gasteiger charge is -2.44. The summed E-state index contributed by atoms with van der Waals surface area (Å²) in [5, 5.41) is 0. The van der Waals surface area contributed by atoms with Crippen molar-refractivity contribution >= 4 is 6.47 Å². The lowest BCUT2D eigenvalue weighted by atomic mass is 9.65. The highest BCUT2D eigenvalue weighted by Crippen LogP contribution is 2.70. The van der Waals surface area contributed by atoms with Crippen LogP contribution in [0.25, 0.3) is 0 Å². The van der Waals surface area contributed by atoms with Crippen molar-refractivity contribution in [3.8, 4) is 0 Å². The fraction of sp³-hybridized carbons (Fsp3) is 0.917. The Hall–Kier alpha value is -0.530. The SMILES string of the molecule is CC1(O[C]=O)CC2CCC1(C)C2(C)C. The smallest absolute Gasteiger partial charge is 0.418 e. The second-order valence-corrected chi connectivity index (χ2v) is 5.91. The van der Waals surface area contributed by atoms with Gasteiger partial charge in [-0.15, -0.1) is 0 Å². The van der Waals surface area contributed by atoms with Crippen molar-refractivity contribution < 1.29 is 9.53 Å². The minimum Gasteiger partial charge on any atom is -0.450 e. The quantitative estimate of drug-likeness (QED) is 0.677. The second kappa shape index (κ2) is 2.53. The number of hydrogen-bond acceptors (Lipinski definition) is 2. The molecule has 2 saturated carbocycles. The topological polar surface area (TPSA) is 26.3 Å². The third kappa shape index (κ3) is 0.850. The summed E-state index contributed by atoms with van der Waals surface area (Å²) >= 11 is 0. The highest BCUT2D eigenvalue weighted by Gasteiger charge is 2.68.